The third-order valence-electron chi connectivity index (χ3n) is 7.62. The number of aryl methyl sites for hydroxylation is 2. The lowest BCUT2D eigenvalue weighted by molar-refractivity contribution is -0.368. The molecule has 44 heavy (non-hydrogen) atoms. The molecule has 0 bridgehead atoms. The molecule has 0 aliphatic heterocycles. The molecule has 0 spiro atoms. The number of rotatable bonds is 14. The van der Waals surface area contributed by atoms with Crippen molar-refractivity contribution in [2.45, 2.75) is 90.1 Å². The Morgan fingerprint density at radius 2 is 1.43 bits per heavy atom. The maximum atomic E-state index is 13.7. The second kappa shape index (κ2) is 15.7. The van der Waals surface area contributed by atoms with Gasteiger partial charge in [0.05, 0.1) is 13.2 Å². The van der Waals surface area contributed by atoms with Crippen LogP contribution < -0.4 is 4.74 Å². The van der Waals surface area contributed by atoms with Crippen molar-refractivity contribution in [3.63, 3.8) is 0 Å². The van der Waals surface area contributed by atoms with E-state index in [2.05, 4.69) is 15.4 Å². The van der Waals surface area contributed by atoms with Crippen molar-refractivity contribution in [3.05, 3.63) is 64.2 Å². The molecule has 2 aromatic rings. The molecule has 0 unspecified atom stereocenters. The Morgan fingerprint density at radius 1 is 0.841 bits per heavy atom. The van der Waals surface area contributed by atoms with Gasteiger partial charge in [-0.1, -0.05) is 44.0 Å². The predicted octanol–water partition coefficient (Wildman–Crippen LogP) is 8.36. The fourth-order valence-electron chi connectivity index (χ4n) is 5.04. The molecule has 2 rings (SSSR count). The van der Waals surface area contributed by atoms with E-state index in [0.29, 0.717) is 56.6 Å². The first-order valence-corrected chi connectivity index (χ1v) is 14.4. The van der Waals surface area contributed by atoms with Crippen molar-refractivity contribution in [1.29, 1.82) is 0 Å². The van der Waals surface area contributed by atoms with Gasteiger partial charge >= 0.3 is 23.9 Å². The van der Waals surface area contributed by atoms with Crippen LogP contribution in [0.15, 0.2) is 36.4 Å². The molecule has 0 heterocycles. The molecular weight excluding hydrogens is 590 g/mol. The maximum absolute atomic E-state index is 13.7. The standard InChI is InChI=1S/C33H40F6O5/c1-7-30(8-2,27-15-16-28(24(5)21-27)43-19-11-10-12-29(40)42-9-3)26-14-13-25(23(4)20-26)17-18-31(32(34,35)36,33(37,38)39)44-22-41-6/h13-16,20-21H,7-12,19,22H2,1-6H3. The van der Waals surface area contributed by atoms with Crippen LogP contribution in [0.5, 0.6) is 5.75 Å². The summed E-state index contributed by atoms with van der Waals surface area (Å²) in [7, 11) is 0.917. The highest BCUT2D eigenvalue weighted by Gasteiger charge is 2.72. The lowest BCUT2D eigenvalue weighted by Crippen LogP contribution is -2.58. The second-order valence-electron chi connectivity index (χ2n) is 10.4. The summed E-state index contributed by atoms with van der Waals surface area (Å²) >= 11 is 0. The van der Waals surface area contributed by atoms with Crippen LogP contribution in [0.4, 0.5) is 26.3 Å². The van der Waals surface area contributed by atoms with Crippen molar-refractivity contribution >= 4 is 5.97 Å². The Balaban J connectivity index is 2.37. The average Bonchev–Trinajstić information content (AvgIpc) is 2.94. The molecule has 0 aliphatic rings. The summed E-state index contributed by atoms with van der Waals surface area (Å²) in [6, 6.07) is 10.7. The van der Waals surface area contributed by atoms with Gasteiger partial charge in [-0.15, -0.1) is 0 Å². The first-order chi connectivity index (χ1) is 20.6. The normalized spacial score (nSPS) is 12.5. The van der Waals surface area contributed by atoms with E-state index in [1.165, 1.54) is 12.0 Å². The van der Waals surface area contributed by atoms with Crippen LogP contribution in [0.3, 0.4) is 0 Å². The first-order valence-electron chi connectivity index (χ1n) is 14.4. The highest BCUT2D eigenvalue weighted by atomic mass is 19.4. The van der Waals surface area contributed by atoms with Gasteiger partial charge < -0.3 is 18.9 Å². The van der Waals surface area contributed by atoms with Crippen molar-refractivity contribution in [3.8, 4) is 17.6 Å². The first kappa shape index (κ1) is 37.0. The number of ether oxygens (including phenoxy) is 4. The maximum Gasteiger partial charge on any atom is 0.438 e. The van der Waals surface area contributed by atoms with E-state index in [1.54, 1.807) is 26.0 Å². The monoisotopic (exact) mass is 630 g/mol. The molecule has 11 heteroatoms. The second-order valence-corrected chi connectivity index (χ2v) is 10.4. The van der Waals surface area contributed by atoms with Crippen LogP contribution in [0, 0.1) is 25.7 Å². The van der Waals surface area contributed by atoms with E-state index in [1.807, 2.05) is 39.0 Å². The van der Waals surface area contributed by atoms with Crippen molar-refractivity contribution < 1.29 is 50.1 Å². The Morgan fingerprint density at radius 3 is 1.93 bits per heavy atom. The lowest BCUT2D eigenvalue weighted by atomic mass is 9.70. The minimum Gasteiger partial charge on any atom is -0.493 e. The van der Waals surface area contributed by atoms with Gasteiger partial charge in [0, 0.05) is 24.5 Å². The molecule has 0 aliphatic carbocycles. The zero-order valence-corrected chi connectivity index (χ0v) is 25.9. The van der Waals surface area contributed by atoms with Crippen LogP contribution in [-0.2, 0) is 24.4 Å². The summed E-state index contributed by atoms with van der Waals surface area (Å²) in [6.45, 7) is 8.86. The van der Waals surface area contributed by atoms with Crippen molar-refractivity contribution in [1.82, 2.24) is 0 Å². The zero-order valence-electron chi connectivity index (χ0n) is 25.9. The van der Waals surface area contributed by atoms with E-state index in [-0.39, 0.29) is 11.5 Å². The summed E-state index contributed by atoms with van der Waals surface area (Å²) in [5.41, 5.74) is -2.00. The van der Waals surface area contributed by atoms with Crippen LogP contribution in [0.2, 0.25) is 0 Å². The molecule has 0 aromatic heterocycles. The summed E-state index contributed by atoms with van der Waals surface area (Å²) in [4.78, 5) is 11.5. The number of carbonyl (C=O) groups is 1. The third-order valence-corrected chi connectivity index (χ3v) is 7.62. The van der Waals surface area contributed by atoms with Gasteiger partial charge in [-0.3, -0.25) is 4.79 Å². The molecule has 0 atom stereocenters. The van der Waals surface area contributed by atoms with Gasteiger partial charge in [0.25, 0.3) is 0 Å². The summed E-state index contributed by atoms with van der Waals surface area (Å²) in [6.07, 6.45) is -8.69. The Kier molecular flexibility index (Phi) is 13.2. The van der Waals surface area contributed by atoms with E-state index >= 15 is 0 Å². The van der Waals surface area contributed by atoms with Crippen LogP contribution in [0.1, 0.15) is 80.7 Å². The van der Waals surface area contributed by atoms with Crippen molar-refractivity contribution in [2.75, 3.05) is 27.1 Å². The topological polar surface area (TPSA) is 54.0 Å². The van der Waals surface area contributed by atoms with Gasteiger partial charge in [0.15, 0.2) is 0 Å². The van der Waals surface area contributed by atoms with Gasteiger partial charge in [0.2, 0.25) is 0 Å². The van der Waals surface area contributed by atoms with Crippen LogP contribution in [0.25, 0.3) is 0 Å². The molecule has 0 saturated carbocycles. The largest absolute Gasteiger partial charge is 0.493 e. The number of halogens is 6. The van der Waals surface area contributed by atoms with E-state index in [4.69, 9.17) is 9.47 Å². The highest BCUT2D eigenvalue weighted by molar-refractivity contribution is 5.69. The summed E-state index contributed by atoms with van der Waals surface area (Å²) in [5, 5.41) is 0. The lowest BCUT2D eigenvalue weighted by Gasteiger charge is -2.34. The van der Waals surface area contributed by atoms with Crippen molar-refractivity contribution in [2.24, 2.45) is 0 Å². The Labute approximate surface area is 255 Å². The van der Waals surface area contributed by atoms with Gasteiger partial charge in [-0.05, 0) is 86.8 Å². The average molecular weight is 631 g/mol. The molecule has 0 N–H and O–H groups in total. The third kappa shape index (κ3) is 8.48. The number of esters is 1. The number of benzene rings is 2. The van der Waals surface area contributed by atoms with E-state index in [9.17, 15) is 31.1 Å². The number of hydrogen-bond acceptors (Lipinski definition) is 5. The minimum absolute atomic E-state index is 0.0108. The SMILES string of the molecule is CCOC(=O)CCCCOc1ccc(C(CC)(CC)c2ccc(C#CC(OCOC)(C(F)(F)F)C(F)(F)F)c(C)c2)cc1C. The predicted molar refractivity (Wildman–Crippen MR) is 154 cm³/mol. The molecule has 2 aromatic carbocycles. The number of methoxy groups -OCH3 is 1. The summed E-state index contributed by atoms with van der Waals surface area (Å²) in [5.74, 6) is 3.89. The minimum atomic E-state index is -5.86. The number of carbonyl (C=O) groups excluding carboxylic acids is 1. The van der Waals surface area contributed by atoms with Gasteiger partial charge in [0.1, 0.15) is 12.5 Å². The molecule has 0 amide bonds. The summed E-state index contributed by atoms with van der Waals surface area (Å²) < 4.78 is 101. The molecular formula is C33H40F6O5. The zero-order chi connectivity index (χ0) is 33.2. The molecule has 244 valence electrons. The fraction of sp³-hybridized carbons (Fsp3) is 0.545. The quantitative estimate of drug-likeness (QED) is 0.0691. The Hall–Kier alpha value is -3.23. The smallest absolute Gasteiger partial charge is 0.438 e. The Bertz CT molecular complexity index is 1290. The van der Waals surface area contributed by atoms with E-state index in [0.717, 1.165) is 23.8 Å². The van der Waals surface area contributed by atoms with Crippen LogP contribution in [-0.4, -0.2) is 51.0 Å². The highest BCUT2D eigenvalue weighted by Crippen LogP contribution is 2.46. The van der Waals surface area contributed by atoms with Gasteiger partial charge in [-0.25, -0.2) is 0 Å². The number of hydrogen-bond donors (Lipinski definition) is 0. The molecule has 5 nitrogen and oxygen atoms in total. The number of unbranched alkanes of at least 4 members (excludes halogenated alkanes) is 1. The fourth-order valence-corrected chi connectivity index (χ4v) is 5.04. The molecule has 0 saturated heterocycles. The van der Waals surface area contributed by atoms with Crippen LogP contribution >= 0.6 is 0 Å². The van der Waals surface area contributed by atoms with Gasteiger partial charge in [-0.2, -0.15) is 26.3 Å². The van der Waals surface area contributed by atoms with E-state index < -0.39 is 30.2 Å². The molecule has 0 radical (unpaired) electrons. The number of alkyl halides is 6. The molecule has 0 fully saturated rings.